The number of carbonyl (C=O) groups is 2. The van der Waals surface area contributed by atoms with E-state index in [-0.39, 0.29) is 23.8 Å². The van der Waals surface area contributed by atoms with E-state index >= 15 is 0 Å². The van der Waals surface area contributed by atoms with Crippen LogP contribution in [-0.4, -0.2) is 42.5 Å². The minimum atomic E-state index is 0.0786. The molecule has 1 fully saturated rings. The van der Waals surface area contributed by atoms with E-state index in [1.54, 1.807) is 0 Å². The molecule has 0 spiro atoms. The number of nitrogens with zero attached hydrogens (tertiary/aromatic N) is 1. The minimum absolute atomic E-state index is 0.0786. The van der Waals surface area contributed by atoms with E-state index < -0.39 is 0 Å². The molecular weight excluding hydrogens is 352 g/mol. The lowest BCUT2D eigenvalue weighted by atomic mass is 9.98. The molecule has 0 aromatic heterocycles. The van der Waals surface area contributed by atoms with Gasteiger partial charge in [0.1, 0.15) is 5.75 Å². The van der Waals surface area contributed by atoms with E-state index in [1.807, 2.05) is 36.9 Å². The lowest BCUT2D eigenvalue weighted by Gasteiger charge is -2.34. The molecule has 1 aromatic rings. The maximum atomic E-state index is 12.5. The molecule has 0 bridgehead atoms. The van der Waals surface area contributed by atoms with Crippen LogP contribution in [0.5, 0.6) is 5.75 Å². The highest BCUT2D eigenvalue weighted by molar-refractivity contribution is 5.79. The molecule has 0 atom stereocenters. The van der Waals surface area contributed by atoms with Crippen LogP contribution in [0.15, 0.2) is 18.2 Å². The molecule has 1 aliphatic heterocycles. The Labute approximate surface area is 169 Å². The summed E-state index contributed by atoms with van der Waals surface area (Å²) < 4.78 is 5.87. The Morgan fingerprint density at radius 2 is 1.75 bits per heavy atom. The Kier molecular flexibility index (Phi) is 8.81. The zero-order chi connectivity index (χ0) is 20.5. The van der Waals surface area contributed by atoms with Crippen molar-refractivity contribution >= 4 is 11.8 Å². The first-order valence-corrected chi connectivity index (χ1v) is 10.7. The minimum Gasteiger partial charge on any atom is -0.493 e. The van der Waals surface area contributed by atoms with Gasteiger partial charge in [-0.3, -0.25) is 9.59 Å². The number of aryl methyl sites for hydroxylation is 2. The van der Waals surface area contributed by atoms with Crippen molar-refractivity contribution in [1.82, 2.24) is 10.2 Å². The van der Waals surface area contributed by atoms with Gasteiger partial charge >= 0.3 is 0 Å². The topological polar surface area (TPSA) is 58.6 Å². The predicted octanol–water partition coefficient (Wildman–Crippen LogP) is 4.01. The fourth-order valence-electron chi connectivity index (χ4n) is 3.87. The van der Waals surface area contributed by atoms with Gasteiger partial charge < -0.3 is 15.0 Å². The molecule has 28 heavy (non-hydrogen) atoms. The molecule has 1 heterocycles. The van der Waals surface area contributed by atoms with Gasteiger partial charge in [0.15, 0.2) is 0 Å². The van der Waals surface area contributed by atoms with Gasteiger partial charge in [-0.25, -0.2) is 0 Å². The lowest BCUT2D eigenvalue weighted by molar-refractivity contribution is -0.137. The summed E-state index contributed by atoms with van der Waals surface area (Å²) >= 11 is 0. The maximum Gasteiger partial charge on any atom is 0.225 e. The van der Waals surface area contributed by atoms with E-state index in [4.69, 9.17) is 4.74 Å². The zero-order valence-electron chi connectivity index (χ0n) is 17.9. The van der Waals surface area contributed by atoms with Crippen molar-refractivity contribution < 1.29 is 14.3 Å². The number of piperidine rings is 1. The van der Waals surface area contributed by atoms with E-state index in [1.165, 1.54) is 0 Å². The van der Waals surface area contributed by atoms with Crippen LogP contribution in [-0.2, 0) is 9.59 Å². The Balaban J connectivity index is 1.66. The summed E-state index contributed by atoms with van der Waals surface area (Å²) in [6.07, 6.45) is 4.66. The lowest BCUT2D eigenvalue weighted by Crippen LogP contribution is -2.48. The van der Waals surface area contributed by atoms with Crippen molar-refractivity contribution in [3.05, 3.63) is 29.3 Å². The fraction of sp³-hybridized carbons (Fsp3) is 0.652. The third kappa shape index (κ3) is 6.25. The number of likely N-dealkylation sites (tertiary alicyclic amines) is 1. The van der Waals surface area contributed by atoms with Crippen LogP contribution in [0.3, 0.4) is 0 Å². The fourth-order valence-corrected chi connectivity index (χ4v) is 3.87. The molecular formula is C23H36N2O3. The first-order valence-electron chi connectivity index (χ1n) is 10.7. The van der Waals surface area contributed by atoms with E-state index in [2.05, 4.69) is 19.2 Å². The van der Waals surface area contributed by atoms with Crippen molar-refractivity contribution in [2.75, 3.05) is 19.7 Å². The summed E-state index contributed by atoms with van der Waals surface area (Å²) in [5, 5.41) is 3.12. The van der Waals surface area contributed by atoms with Crippen LogP contribution in [0.1, 0.15) is 63.5 Å². The maximum absolute atomic E-state index is 12.5. The molecule has 0 unspecified atom stereocenters. The summed E-state index contributed by atoms with van der Waals surface area (Å²) in [7, 11) is 0. The van der Waals surface area contributed by atoms with Crippen molar-refractivity contribution in [3.63, 3.8) is 0 Å². The van der Waals surface area contributed by atoms with E-state index in [0.29, 0.717) is 19.4 Å². The molecule has 1 saturated heterocycles. The first kappa shape index (κ1) is 22.3. The second-order valence-corrected chi connectivity index (χ2v) is 7.85. The largest absolute Gasteiger partial charge is 0.493 e. The van der Waals surface area contributed by atoms with Gasteiger partial charge in [-0.05, 0) is 57.1 Å². The number of hydrogen-bond donors (Lipinski definition) is 1. The van der Waals surface area contributed by atoms with Gasteiger partial charge in [-0.1, -0.05) is 32.0 Å². The van der Waals surface area contributed by atoms with Gasteiger partial charge in [-0.15, -0.1) is 0 Å². The number of hydrogen-bond acceptors (Lipinski definition) is 3. The van der Waals surface area contributed by atoms with E-state index in [9.17, 15) is 9.59 Å². The smallest absolute Gasteiger partial charge is 0.225 e. The van der Waals surface area contributed by atoms with Crippen LogP contribution in [0.2, 0.25) is 0 Å². The molecule has 5 heteroatoms. The van der Waals surface area contributed by atoms with Crippen molar-refractivity contribution in [2.24, 2.45) is 5.92 Å². The highest BCUT2D eigenvalue weighted by Crippen LogP contribution is 2.22. The number of nitrogens with one attached hydrogen (secondary N) is 1. The molecule has 2 amide bonds. The van der Waals surface area contributed by atoms with Crippen LogP contribution < -0.4 is 10.1 Å². The van der Waals surface area contributed by atoms with Crippen molar-refractivity contribution in [2.45, 2.75) is 72.3 Å². The third-order valence-corrected chi connectivity index (χ3v) is 5.71. The normalized spacial score (nSPS) is 15.0. The van der Waals surface area contributed by atoms with Gasteiger partial charge in [0.05, 0.1) is 6.61 Å². The summed E-state index contributed by atoms with van der Waals surface area (Å²) in [6, 6.07) is 6.27. The molecule has 2 rings (SSSR count). The molecule has 156 valence electrons. The Bertz CT molecular complexity index is 627. The quantitative estimate of drug-likeness (QED) is 0.651. The molecule has 1 aromatic carbocycles. The number of ether oxygens (including phenoxy) is 1. The van der Waals surface area contributed by atoms with E-state index in [0.717, 1.165) is 55.6 Å². The number of rotatable bonds is 9. The van der Waals surface area contributed by atoms with Crippen LogP contribution in [0.4, 0.5) is 0 Å². The van der Waals surface area contributed by atoms with Crippen molar-refractivity contribution in [1.29, 1.82) is 0 Å². The number of amides is 2. The molecule has 1 aliphatic rings. The second kappa shape index (κ2) is 11.1. The van der Waals surface area contributed by atoms with Crippen LogP contribution >= 0.6 is 0 Å². The standard InChI is InChI=1S/C23H36N2O3/c1-5-19(6-2)23(27)25-14-12-20(13-15-25)24-21(26)11-8-16-28-22-17(3)9-7-10-18(22)4/h7,9-10,19-20H,5-6,8,11-16H2,1-4H3,(H,24,26). The SMILES string of the molecule is CCC(CC)C(=O)N1CCC(NC(=O)CCCOc2c(C)cccc2C)CC1. The van der Waals surface area contributed by atoms with Crippen molar-refractivity contribution in [3.8, 4) is 5.75 Å². The molecule has 0 saturated carbocycles. The summed E-state index contributed by atoms with van der Waals surface area (Å²) in [6.45, 7) is 10.3. The van der Waals surface area contributed by atoms with Gasteiger partial charge in [0, 0.05) is 31.5 Å². The summed E-state index contributed by atoms with van der Waals surface area (Å²) in [5.74, 6) is 1.42. The highest BCUT2D eigenvalue weighted by atomic mass is 16.5. The summed E-state index contributed by atoms with van der Waals surface area (Å²) in [4.78, 5) is 26.6. The molecule has 1 N–H and O–H groups in total. The van der Waals surface area contributed by atoms with Crippen LogP contribution in [0.25, 0.3) is 0 Å². The third-order valence-electron chi connectivity index (χ3n) is 5.71. The molecule has 0 radical (unpaired) electrons. The van der Waals surface area contributed by atoms with Crippen LogP contribution in [0, 0.1) is 19.8 Å². The molecule has 5 nitrogen and oxygen atoms in total. The number of carbonyl (C=O) groups excluding carboxylic acids is 2. The number of benzene rings is 1. The average molecular weight is 389 g/mol. The highest BCUT2D eigenvalue weighted by Gasteiger charge is 2.27. The molecule has 0 aliphatic carbocycles. The van der Waals surface area contributed by atoms with Gasteiger partial charge in [-0.2, -0.15) is 0 Å². The zero-order valence-corrected chi connectivity index (χ0v) is 17.9. The first-order chi connectivity index (χ1) is 13.5. The average Bonchev–Trinajstić information content (AvgIpc) is 2.68. The summed E-state index contributed by atoms with van der Waals surface area (Å²) in [5.41, 5.74) is 2.25. The predicted molar refractivity (Wildman–Crippen MR) is 112 cm³/mol. The monoisotopic (exact) mass is 388 g/mol. The second-order valence-electron chi connectivity index (χ2n) is 7.85. The Morgan fingerprint density at radius 3 is 2.32 bits per heavy atom. The number of para-hydroxylation sites is 1. The Hall–Kier alpha value is -2.04. The van der Waals surface area contributed by atoms with Gasteiger partial charge in [0.25, 0.3) is 0 Å². The Morgan fingerprint density at radius 1 is 1.14 bits per heavy atom. The van der Waals surface area contributed by atoms with Gasteiger partial charge in [0.2, 0.25) is 11.8 Å².